The molecule has 4 N–H and O–H groups in total. The molecule has 0 bridgehead atoms. The standard InChI is InChI=1S/C13H19FN2O3S/c14-11-5-2-6-12(15)13(11)20(18,19)16-7-9-3-1-4-10(9)8-17/h2,5-6,9-10,16-17H,1,3-4,7-8,15H2. The number of aliphatic hydroxyl groups excluding tert-OH is 1. The van der Waals surface area contributed by atoms with Crippen molar-refractivity contribution in [1.29, 1.82) is 0 Å². The number of hydrogen-bond donors (Lipinski definition) is 3. The Morgan fingerprint density at radius 2 is 2.05 bits per heavy atom. The first-order valence-electron chi connectivity index (χ1n) is 6.60. The molecular weight excluding hydrogens is 283 g/mol. The fourth-order valence-electron chi connectivity index (χ4n) is 2.72. The zero-order chi connectivity index (χ0) is 14.8. The first-order valence-corrected chi connectivity index (χ1v) is 8.08. The van der Waals surface area contributed by atoms with Crippen molar-refractivity contribution in [3.05, 3.63) is 24.0 Å². The molecule has 5 nitrogen and oxygen atoms in total. The Labute approximate surface area is 118 Å². The van der Waals surface area contributed by atoms with Crippen LogP contribution < -0.4 is 10.5 Å². The van der Waals surface area contributed by atoms with Crippen LogP contribution in [0.15, 0.2) is 23.1 Å². The Morgan fingerprint density at radius 3 is 2.70 bits per heavy atom. The van der Waals surface area contributed by atoms with E-state index in [0.29, 0.717) is 0 Å². The van der Waals surface area contributed by atoms with Crippen LogP contribution in [0.2, 0.25) is 0 Å². The molecule has 0 heterocycles. The Balaban J connectivity index is 2.12. The lowest BCUT2D eigenvalue weighted by atomic mass is 9.97. The van der Waals surface area contributed by atoms with Gasteiger partial charge in [0.1, 0.15) is 10.7 Å². The van der Waals surface area contributed by atoms with Crippen LogP contribution >= 0.6 is 0 Å². The number of anilines is 1. The Hall–Kier alpha value is -1.18. The zero-order valence-electron chi connectivity index (χ0n) is 11.0. The van der Waals surface area contributed by atoms with Crippen molar-refractivity contribution in [3.63, 3.8) is 0 Å². The quantitative estimate of drug-likeness (QED) is 0.710. The molecule has 112 valence electrons. The van der Waals surface area contributed by atoms with E-state index in [1.54, 1.807) is 0 Å². The fraction of sp³-hybridized carbons (Fsp3) is 0.538. The van der Waals surface area contributed by atoms with Crippen LogP contribution in [0.5, 0.6) is 0 Å². The van der Waals surface area contributed by atoms with Crippen molar-refractivity contribution in [2.75, 3.05) is 18.9 Å². The number of nitrogens with one attached hydrogen (secondary N) is 1. The molecule has 1 aliphatic carbocycles. The van der Waals surface area contributed by atoms with Gasteiger partial charge in [-0.1, -0.05) is 12.5 Å². The van der Waals surface area contributed by atoms with Gasteiger partial charge in [0, 0.05) is 13.2 Å². The van der Waals surface area contributed by atoms with Crippen molar-refractivity contribution in [2.45, 2.75) is 24.2 Å². The lowest BCUT2D eigenvalue weighted by Gasteiger charge is -2.18. The van der Waals surface area contributed by atoms with Gasteiger partial charge in [0.05, 0.1) is 5.69 Å². The molecule has 1 aliphatic rings. The van der Waals surface area contributed by atoms with Crippen LogP contribution in [0.25, 0.3) is 0 Å². The summed E-state index contributed by atoms with van der Waals surface area (Å²) >= 11 is 0. The van der Waals surface area contributed by atoms with Gasteiger partial charge in [-0.05, 0) is 36.8 Å². The second-order valence-electron chi connectivity index (χ2n) is 5.14. The van der Waals surface area contributed by atoms with E-state index in [1.165, 1.54) is 12.1 Å². The minimum atomic E-state index is -3.97. The Morgan fingerprint density at radius 1 is 1.35 bits per heavy atom. The third-order valence-electron chi connectivity index (χ3n) is 3.85. The molecule has 0 radical (unpaired) electrons. The molecule has 2 atom stereocenters. The zero-order valence-corrected chi connectivity index (χ0v) is 11.9. The van der Waals surface area contributed by atoms with Gasteiger partial charge in [0.25, 0.3) is 0 Å². The summed E-state index contributed by atoms with van der Waals surface area (Å²) in [5.74, 6) is -0.666. The summed E-state index contributed by atoms with van der Waals surface area (Å²) in [6.45, 7) is 0.246. The normalized spacial score (nSPS) is 23.1. The molecule has 0 aromatic heterocycles. The van der Waals surface area contributed by atoms with Crippen LogP contribution in [-0.2, 0) is 10.0 Å². The maximum Gasteiger partial charge on any atom is 0.245 e. The van der Waals surface area contributed by atoms with Crippen LogP contribution in [0.3, 0.4) is 0 Å². The van der Waals surface area contributed by atoms with Gasteiger partial charge in [-0.3, -0.25) is 0 Å². The van der Waals surface area contributed by atoms with Gasteiger partial charge in [-0.15, -0.1) is 0 Å². The van der Waals surface area contributed by atoms with E-state index >= 15 is 0 Å². The minimum Gasteiger partial charge on any atom is -0.398 e. The molecule has 1 saturated carbocycles. The van der Waals surface area contributed by atoms with E-state index < -0.39 is 20.7 Å². The second-order valence-corrected chi connectivity index (χ2v) is 6.85. The summed E-state index contributed by atoms with van der Waals surface area (Å²) in [7, 11) is -3.97. The third-order valence-corrected chi connectivity index (χ3v) is 5.37. The summed E-state index contributed by atoms with van der Waals surface area (Å²) in [6, 6.07) is 3.78. The first kappa shape index (κ1) is 15.2. The number of halogens is 1. The van der Waals surface area contributed by atoms with Gasteiger partial charge in [0.15, 0.2) is 0 Å². The molecule has 1 fully saturated rings. The summed E-state index contributed by atoms with van der Waals surface area (Å²) < 4.78 is 40.3. The summed E-state index contributed by atoms with van der Waals surface area (Å²) in [4.78, 5) is -0.501. The van der Waals surface area contributed by atoms with Crippen molar-refractivity contribution < 1.29 is 17.9 Å². The smallest absolute Gasteiger partial charge is 0.245 e. The van der Waals surface area contributed by atoms with Gasteiger partial charge >= 0.3 is 0 Å². The number of aliphatic hydroxyl groups is 1. The number of benzene rings is 1. The molecule has 7 heteroatoms. The maximum absolute atomic E-state index is 13.7. The monoisotopic (exact) mass is 302 g/mol. The van der Waals surface area contributed by atoms with E-state index in [4.69, 9.17) is 5.73 Å². The molecule has 1 aromatic carbocycles. The third kappa shape index (κ3) is 3.11. The molecule has 1 aromatic rings. The molecule has 0 aliphatic heterocycles. The first-order chi connectivity index (χ1) is 9.45. The predicted molar refractivity (Wildman–Crippen MR) is 73.9 cm³/mol. The minimum absolute atomic E-state index is 0.0498. The average molecular weight is 302 g/mol. The summed E-state index contributed by atoms with van der Waals surface area (Å²) in [5.41, 5.74) is 5.44. The maximum atomic E-state index is 13.7. The van der Waals surface area contributed by atoms with Crippen LogP contribution in [0, 0.1) is 17.7 Å². The number of sulfonamides is 1. The number of hydrogen-bond acceptors (Lipinski definition) is 4. The van der Waals surface area contributed by atoms with Gasteiger partial charge in [-0.25, -0.2) is 17.5 Å². The molecule has 0 saturated heterocycles. The van der Waals surface area contributed by atoms with Gasteiger partial charge in [0.2, 0.25) is 10.0 Å². The number of rotatable bonds is 5. The highest BCUT2D eigenvalue weighted by Crippen LogP contribution is 2.31. The number of nitrogens with two attached hydrogens (primary N) is 1. The summed E-state index contributed by atoms with van der Waals surface area (Å²) in [5, 5.41) is 9.21. The Kier molecular flexibility index (Phi) is 4.62. The molecule has 20 heavy (non-hydrogen) atoms. The van der Waals surface area contributed by atoms with Crippen molar-refractivity contribution in [3.8, 4) is 0 Å². The van der Waals surface area contributed by atoms with E-state index in [2.05, 4.69) is 4.72 Å². The molecule has 0 spiro atoms. The van der Waals surface area contributed by atoms with Crippen molar-refractivity contribution in [1.82, 2.24) is 4.72 Å². The average Bonchev–Trinajstić information content (AvgIpc) is 2.83. The van der Waals surface area contributed by atoms with E-state index in [9.17, 15) is 17.9 Å². The highest BCUT2D eigenvalue weighted by molar-refractivity contribution is 7.89. The fourth-order valence-corrected chi connectivity index (χ4v) is 4.00. The molecule has 2 unspecified atom stereocenters. The summed E-state index contributed by atoms with van der Waals surface area (Å²) in [6.07, 6.45) is 2.73. The second kappa shape index (κ2) is 6.07. The van der Waals surface area contributed by atoms with E-state index in [1.807, 2.05) is 0 Å². The van der Waals surface area contributed by atoms with Crippen LogP contribution in [-0.4, -0.2) is 26.7 Å². The molecule has 0 amide bonds. The van der Waals surface area contributed by atoms with Gasteiger partial charge < -0.3 is 10.8 Å². The highest BCUT2D eigenvalue weighted by atomic mass is 32.2. The van der Waals surface area contributed by atoms with E-state index in [-0.39, 0.29) is 30.7 Å². The molecule has 2 rings (SSSR count). The van der Waals surface area contributed by atoms with Crippen molar-refractivity contribution >= 4 is 15.7 Å². The lowest BCUT2D eigenvalue weighted by molar-refractivity contribution is 0.195. The largest absolute Gasteiger partial charge is 0.398 e. The number of nitrogen functional groups attached to an aromatic ring is 1. The van der Waals surface area contributed by atoms with Gasteiger partial charge in [-0.2, -0.15) is 0 Å². The lowest BCUT2D eigenvalue weighted by Crippen LogP contribution is -2.32. The van der Waals surface area contributed by atoms with Crippen molar-refractivity contribution in [2.24, 2.45) is 11.8 Å². The highest BCUT2D eigenvalue weighted by Gasteiger charge is 2.29. The van der Waals surface area contributed by atoms with E-state index in [0.717, 1.165) is 25.3 Å². The Bertz CT molecular complexity index is 557. The van der Waals surface area contributed by atoms with Crippen LogP contribution in [0.1, 0.15) is 19.3 Å². The van der Waals surface area contributed by atoms with Crippen LogP contribution in [0.4, 0.5) is 10.1 Å². The SMILES string of the molecule is Nc1cccc(F)c1S(=O)(=O)NCC1CCCC1CO. The topological polar surface area (TPSA) is 92.4 Å². The molecular formula is C13H19FN2O3S. The predicted octanol–water partition coefficient (Wildman–Crippen LogP) is 1.09.